The number of halogens is 1. The lowest BCUT2D eigenvalue weighted by molar-refractivity contribution is -0.130. The van der Waals surface area contributed by atoms with E-state index in [4.69, 9.17) is 21.1 Å². The predicted molar refractivity (Wildman–Crippen MR) is 192 cm³/mol. The zero-order chi connectivity index (χ0) is 33.8. The molecule has 0 aromatic heterocycles. The average Bonchev–Trinajstić information content (AvgIpc) is 3.07. The second-order valence-corrected chi connectivity index (χ2v) is 13.2. The highest BCUT2D eigenvalue weighted by Gasteiger charge is 2.27. The predicted octanol–water partition coefficient (Wildman–Crippen LogP) is 6.98. The van der Waals surface area contributed by atoms with Crippen LogP contribution in [0.25, 0.3) is 0 Å². The van der Waals surface area contributed by atoms with Crippen molar-refractivity contribution in [2.45, 2.75) is 65.0 Å². The molecule has 2 aliphatic heterocycles. The lowest BCUT2D eigenvalue weighted by Gasteiger charge is -2.31. The molecule has 3 aromatic carbocycles. The van der Waals surface area contributed by atoms with Gasteiger partial charge in [-0.05, 0) is 92.3 Å². The Kier molecular flexibility index (Phi) is 13.8. The molecule has 2 heterocycles. The molecule has 0 spiro atoms. The van der Waals surface area contributed by atoms with Gasteiger partial charge in [0.2, 0.25) is 11.8 Å². The minimum atomic E-state index is 0.0569. The van der Waals surface area contributed by atoms with Crippen LogP contribution >= 0.6 is 11.6 Å². The second-order valence-electron chi connectivity index (χ2n) is 12.8. The van der Waals surface area contributed by atoms with Gasteiger partial charge in [-0.2, -0.15) is 0 Å². The van der Waals surface area contributed by atoms with Crippen LogP contribution in [-0.4, -0.2) is 70.2 Å². The average molecular weight is 663 g/mol. The number of rotatable bonds is 7. The Hall–Kier alpha value is -3.75. The normalized spacial score (nSPS) is 16.4. The summed E-state index contributed by atoms with van der Waals surface area (Å²) in [6.07, 6.45) is 7.24. The first-order chi connectivity index (χ1) is 22.6. The zero-order valence-corrected chi connectivity index (χ0v) is 29.4. The summed E-state index contributed by atoms with van der Waals surface area (Å²) in [5.41, 5.74) is 4.28. The third-order valence-corrected chi connectivity index (χ3v) is 8.99. The van der Waals surface area contributed by atoms with Crippen LogP contribution in [0, 0.1) is 5.92 Å². The number of carbonyl (C=O) groups is 2. The monoisotopic (exact) mass is 662 g/mol. The van der Waals surface area contributed by atoms with Gasteiger partial charge < -0.3 is 29.5 Å². The van der Waals surface area contributed by atoms with Crippen LogP contribution in [0.1, 0.15) is 57.1 Å². The van der Waals surface area contributed by atoms with Crippen molar-refractivity contribution < 1.29 is 19.1 Å². The number of fused-ring (bicyclic) bond motifs is 1. The fourth-order valence-corrected chi connectivity index (χ4v) is 6.22. The fourth-order valence-electron chi connectivity index (χ4n) is 6.08. The third-order valence-electron chi connectivity index (χ3n) is 8.74. The first-order valence-electron chi connectivity index (χ1n) is 16.8. The fraction of sp³-hybridized carbons (Fsp3) is 0.474. The molecule has 1 saturated heterocycles. The van der Waals surface area contributed by atoms with Gasteiger partial charge in [-0.15, -0.1) is 0 Å². The smallest absolute Gasteiger partial charge is 0.236 e. The SMILES string of the molecule is CN1CCNCC1=O.COc1cc2c(cc1OC(C)C)CN(c1ccc(N(C)CC3CCCCC3)cc1)C(=O)C2.Clc1ccccc1. The maximum Gasteiger partial charge on any atom is 0.236 e. The number of hydrogen-bond acceptors (Lipinski definition) is 6. The number of piperazine rings is 1. The number of anilines is 2. The summed E-state index contributed by atoms with van der Waals surface area (Å²) in [6, 6.07) is 21.9. The molecule has 3 aliphatic rings. The molecule has 9 heteroatoms. The highest BCUT2D eigenvalue weighted by Crippen LogP contribution is 2.36. The van der Waals surface area contributed by atoms with E-state index in [0.717, 1.165) is 53.1 Å². The number of nitrogens with zero attached hydrogens (tertiary/aromatic N) is 3. The maximum atomic E-state index is 12.9. The lowest BCUT2D eigenvalue weighted by atomic mass is 9.89. The molecule has 47 heavy (non-hydrogen) atoms. The van der Waals surface area contributed by atoms with E-state index in [1.165, 1.54) is 37.8 Å². The molecule has 8 nitrogen and oxygen atoms in total. The molecule has 6 rings (SSSR count). The lowest BCUT2D eigenvalue weighted by Crippen LogP contribution is -2.45. The minimum Gasteiger partial charge on any atom is -0.493 e. The number of carbonyl (C=O) groups excluding carboxylic acids is 2. The van der Waals surface area contributed by atoms with E-state index < -0.39 is 0 Å². The summed E-state index contributed by atoms with van der Waals surface area (Å²) in [6.45, 7) is 7.94. The Morgan fingerprint density at radius 2 is 1.62 bits per heavy atom. The van der Waals surface area contributed by atoms with Crippen LogP contribution in [0.3, 0.4) is 0 Å². The second kappa shape index (κ2) is 18.0. The van der Waals surface area contributed by atoms with Gasteiger partial charge in [0.15, 0.2) is 11.5 Å². The number of likely N-dealkylation sites (N-methyl/N-ethyl adjacent to an activating group) is 1. The van der Waals surface area contributed by atoms with E-state index in [-0.39, 0.29) is 17.9 Å². The largest absolute Gasteiger partial charge is 0.493 e. The van der Waals surface area contributed by atoms with Crippen LogP contribution in [0.15, 0.2) is 66.7 Å². The molecular weight excluding hydrogens is 612 g/mol. The van der Waals surface area contributed by atoms with Crippen molar-refractivity contribution in [1.82, 2.24) is 10.2 Å². The van der Waals surface area contributed by atoms with E-state index in [1.807, 2.05) is 68.3 Å². The summed E-state index contributed by atoms with van der Waals surface area (Å²) in [4.78, 5) is 29.6. The number of nitrogens with one attached hydrogen (secondary N) is 1. The third kappa shape index (κ3) is 10.9. The van der Waals surface area contributed by atoms with Gasteiger partial charge >= 0.3 is 0 Å². The van der Waals surface area contributed by atoms with Crippen molar-refractivity contribution in [3.63, 3.8) is 0 Å². The molecular formula is C38H51ClN4O4. The van der Waals surface area contributed by atoms with E-state index in [1.54, 1.807) is 12.0 Å². The summed E-state index contributed by atoms with van der Waals surface area (Å²) < 4.78 is 11.4. The Labute approximate surface area is 286 Å². The quantitative estimate of drug-likeness (QED) is 0.294. The van der Waals surface area contributed by atoms with Gasteiger partial charge in [-0.25, -0.2) is 0 Å². The summed E-state index contributed by atoms with van der Waals surface area (Å²) >= 11 is 5.54. The number of amides is 2. The Morgan fingerprint density at radius 1 is 0.936 bits per heavy atom. The first kappa shape index (κ1) is 36.1. The van der Waals surface area contributed by atoms with Crippen LogP contribution in [0.4, 0.5) is 11.4 Å². The summed E-state index contributed by atoms with van der Waals surface area (Å²) in [5, 5.41) is 3.77. The van der Waals surface area contributed by atoms with Crippen LogP contribution < -0.4 is 24.6 Å². The van der Waals surface area contributed by atoms with Gasteiger partial charge in [0.1, 0.15) is 0 Å². The molecule has 1 saturated carbocycles. The van der Waals surface area contributed by atoms with Crippen LogP contribution in [-0.2, 0) is 22.6 Å². The zero-order valence-electron chi connectivity index (χ0n) is 28.6. The van der Waals surface area contributed by atoms with Crippen molar-refractivity contribution in [3.05, 3.63) is 82.9 Å². The van der Waals surface area contributed by atoms with E-state index in [9.17, 15) is 9.59 Å². The molecule has 0 atom stereocenters. The maximum absolute atomic E-state index is 12.9. The molecule has 0 unspecified atom stereocenters. The van der Waals surface area contributed by atoms with Gasteiger partial charge in [0, 0.05) is 50.1 Å². The molecule has 2 amide bonds. The van der Waals surface area contributed by atoms with Crippen molar-refractivity contribution in [3.8, 4) is 11.5 Å². The van der Waals surface area contributed by atoms with Gasteiger partial charge in [-0.1, -0.05) is 49.1 Å². The molecule has 0 bridgehead atoms. The van der Waals surface area contributed by atoms with Gasteiger partial charge in [0.05, 0.1) is 32.7 Å². The molecule has 1 N–H and O–H groups in total. The van der Waals surface area contributed by atoms with Crippen LogP contribution in [0.2, 0.25) is 5.02 Å². The first-order valence-corrected chi connectivity index (χ1v) is 17.2. The number of benzene rings is 3. The Bertz CT molecular complexity index is 1430. The molecule has 1 aliphatic carbocycles. The van der Waals surface area contributed by atoms with Gasteiger partial charge in [0.25, 0.3) is 0 Å². The van der Waals surface area contributed by atoms with E-state index in [0.29, 0.717) is 25.3 Å². The Balaban J connectivity index is 0.000000271. The van der Waals surface area contributed by atoms with Crippen molar-refractivity contribution >= 4 is 34.8 Å². The molecule has 2 fully saturated rings. The van der Waals surface area contributed by atoms with Crippen LogP contribution in [0.5, 0.6) is 11.5 Å². The van der Waals surface area contributed by atoms with Crippen molar-refractivity contribution in [2.75, 3.05) is 57.2 Å². The Morgan fingerprint density at radius 3 is 2.17 bits per heavy atom. The molecule has 254 valence electrons. The standard InChI is InChI=1S/C27H36N2O3.C6H5Cl.C5H10N2O/c1-19(2)32-26-15-22-18-29(27(30)16-21(22)14-25(26)31-4)24-12-10-23(11-13-24)28(3)17-20-8-6-5-7-9-20;7-6-4-2-1-3-5-6;1-7-3-2-6-4-5(7)8/h10-15,19-20H,5-9,16-18H2,1-4H3;1-5H;6H,2-4H2,1H3. The highest BCUT2D eigenvalue weighted by atomic mass is 35.5. The van der Waals surface area contributed by atoms with E-state index in [2.05, 4.69) is 41.5 Å². The summed E-state index contributed by atoms with van der Waals surface area (Å²) in [5.74, 6) is 2.52. The van der Waals surface area contributed by atoms with E-state index >= 15 is 0 Å². The molecule has 0 radical (unpaired) electrons. The number of ether oxygens (including phenoxy) is 2. The number of methoxy groups -OCH3 is 1. The topological polar surface area (TPSA) is 74.4 Å². The number of hydrogen-bond donors (Lipinski definition) is 1. The summed E-state index contributed by atoms with van der Waals surface area (Å²) in [7, 11) is 5.64. The van der Waals surface area contributed by atoms with Crippen molar-refractivity contribution in [1.29, 1.82) is 0 Å². The van der Waals surface area contributed by atoms with Crippen molar-refractivity contribution in [2.24, 2.45) is 5.92 Å². The minimum absolute atomic E-state index is 0.0569. The molecule has 3 aromatic rings. The van der Waals surface area contributed by atoms with Gasteiger partial charge in [-0.3, -0.25) is 9.59 Å². The highest BCUT2D eigenvalue weighted by molar-refractivity contribution is 6.30.